The topological polar surface area (TPSA) is 69.5 Å². The Morgan fingerprint density at radius 2 is 1.14 bits per heavy atom. The van der Waals surface area contributed by atoms with Gasteiger partial charge in [0.25, 0.3) is 0 Å². The highest BCUT2D eigenvalue weighted by Crippen LogP contribution is 2.11. The normalized spacial score (nSPS) is 16.6. The molecule has 2 aliphatic rings. The van der Waals surface area contributed by atoms with Gasteiger partial charge in [-0.3, -0.25) is 4.79 Å². The highest BCUT2D eigenvalue weighted by Gasteiger charge is 2.13. The molecule has 3 aromatic heterocycles. The van der Waals surface area contributed by atoms with Crippen LogP contribution >= 0.6 is 22.6 Å². The third-order valence-electron chi connectivity index (χ3n) is 8.37. The van der Waals surface area contributed by atoms with Gasteiger partial charge in [-0.25, -0.2) is 0 Å². The summed E-state index contributed by atoms with van der Waals surface area (Å²) in [5.41, 5.74) is 3.79. The Hall–Kier alpha value is -1.92. The number of alkyl halides is 1. The van der Waals surface area contributed by atoms with E-state index in [-0.39, 0.29) is 0 Å². The van der Waals surface area contributed by atoms with Gasteiger partial charge in [0.05, 0.1) is 31.3 Å². The minimum absolute atomic E-state index is 0.434. The van der Waals surface area contributed by atoms with E-state index in [0.717, 1.165) is 31.1 Å². The van der Waals surface area contributed by atoms with Gasteiger partial charge in [0, 0.05) is 52.4 Å². The Labute approximate surface area is 279 Å². The van der Waals surface area contributed by atoms with E-state index in [0.29, 0.717) is 5.76 Å². The van der Waals surface area contributed by atoms with Crippen molar-refractivity contribution < 1.29 is 18.0 Å². The first-order valence-electron chi connectivity index (χ1n) is 16.5. The molecule has 0 bridgehead atoms. The minimum atomic E-state index is 0.434. The summed E-state index contributed by atoms with van der Waals surface area (Å²) in [6.45, 7) is 12.1. The van der Waals surface area contributed by atoms with E-state index in [4.69, 9.17) is 13.3 Å². The number of rotatable bonds is 15. The number of halogens is 1. The molecule has 2 fully saturated rings. The van der Waals surface area contributed by atoms with Crippen molar-refractivity contribution in [3.05, 3.63) is 72.0 Å². The highest BCUT2D eigenvalue weighted by molar-refractivity contribution is 14.1. The molecule has 5 heterocycles. The molecule has 9 heteroatoms. The molecule has 5 rings (SSSR count). The maximum Gasteiger partial charge on any atom is 0.185 e. The van der Waals surface area contributed by atoms with E-state index in [1.807, 2.05) is 24.7 Å². The van der Waals surface area contributed by atoms with Crippen LogP contribution < -0.4 is 0 Å². The van der Waals surface area contributed by atoms with Crippen LogP contribution in [0.4, 0.5) is 0 Å². The van der Waals surface area contributed by atoms with Gasteiger partial charge in [-0.2, -0.15) is 0 Å². The van der Waals surface area contributed by atoms with Crippen LogP contribution in [0.3, 0.4) is 0 Å². The number of aryl methyl sites for hydroxylation is 3. The van der Waals surface area contributed by atoms with Crippen molar-refractivity contribution >= 4 is 28.9 Å². The van der Waals surface area contributed by atoms with Gasteiger partial charge < -0.3 is 32.9 Å². The number of aldehydes is 1. The fourth-order valence-electron chi connectivity index (χ4n) is 5.35. The van der Waals surface area contributed by atoms with Crippen LogP contribution in [0, 0.1) is 0 Å². The smallest absolute Gasteiger partial charge is 0.185 e. The van der Waals surface area contributed by atoms with E-state index in [9.17, 15) is 4.79 Å². The molecular formula is C35H55IN4O4. The number of hydrogen-bond donors (Lipinski definition) is 0. The lowest BCUT2D eigenvalue weighted by atomic mass is 10.1. The predicted molar refractivity (Wildman–Crippen MR) is 187 cm³/mol. The van der Waals surface area contributed by atoms with Crippen molar-refractivity contribution in [3.8, 4) is 0 Å². The Kier molecular flexibility index (Phi) is 18.7. The van der Waals surface area contributed by atoms with Gasteiger partial charge in [0.15, 0.2) is 12.0 Å². The first kappa shape index (κ1) is 36.5. The van der Waals surface area contributed by atoms with E-state index in [2.05, 4.69) is 62.4 Å². The zero-order chi connectivity index (χ0) is 31.2. The van der Waals surface area contributed by atoms with Crippen molar-refractivity contribution in [3.63, 3.8) is 0 Å². The first-order valence-corrected chi connectivity index (χ1v) is 18.0. The van der Waals surface area contributed by atoms with Crippen molar-refractivity contribution in [1.82, 2.24) is 19.6 Å². The summed E-state index contributed by atoms with van der Waals surface area (Å²) in [6, 6.07) is 5.94. The second-order valence-electron chi connectivity index (χ2n) is 12.1. The Balaban J connectivity index is 0.000000188. The van der Waals surface area contributed by atoms with Crippen LogP contribution in [-0.2, 0) is 19.3 Å². The lowest BCUT2D eigenvalue weighted by Gasteiger charge is -2.32. The van der Waals surface area contributed by atoms with Crippen molar-refractivity contribution in [2.75, 3.05) is 84.0 Å². The summed E-state index contributed by atoms with van der Waals surface area (Å²) >= 11 is 2.41. The summed E-state index contributed by atoms with van der Waals surface area (Å²) in [6.07, 6.45) is 20.5. The average molecular weight is 723 g/mol. The van der Waals surface area contributed by atoms with Crippen molar-refractivity contribution in [2.45, 2.75) is 57.8 Å². The third kappa shape index (κ3) is 15.9. The molecule has 0 N–H and O–H groups in total. The molecule has 0 saturated carbocycles. The number of carbonyl (C=O) groups excluding carboxylic acids is 1. The second-order valence-corrected chi connectivity index (χ2v) is 13.2. The largest absolute Gasteiger partial charge is 0.472 e. The Morgan fingerprint density at radius 1 is 0.659 bits per heavy atom. The second kappa shape index (κ2) is 22.6. The maximum absolute atomic E-state index is 10.5. The molecule has 2 aliphatic heterocycles. The van der Waals surface area contributed by atoms with E-state index in [1.165, 1.54) is 120 Å². The molecular weight excluding hydrogens is 667 g/mol. The number of nitrogens with zero attached hydrogens (tertiary/aromatic N) is 4. The summed E-state index contributed by atoms with van der Waals surface area (Å²) in [4.78, 5) is 20.4. The zero-order valence-corrected chi connectivity index (χ0v) is 29.3. The number of unbranched alkanes of at least 4 members (excludes halogenated alkanes) is 3. The number of hydrogen-bond acceptors (Lipinski definition) is 8. The Morgan fingerprint density at radius 3 is 1.55 bits per heavy atom. The van der Waals surface area contributed by atoms with Crippen LogP contribution in [0.1, 0.15) is 65.8 Å². The third-order valence-corrected chi connectivity index (χ3v) is 9.13. The highest BCUT2D eigenvalue weighted by atomic mass is 127. The SMILES string of the molecule is CN1CCN(CCCCc2ccoc2)CC1.CN1CCN(CCCCc2coc(C=O)c2)CC1.ICCCCc1ccoc1. The van der Waals surface area contributed by atoms with Gasteiger partial charge in [-0.1, -0.05) is 22.6 Å². The van der Waals surface area contributed by atoms with Gasteiger partial charge in [-0.15, -0.1) is 0 Å². The van der Waals surface area contributed by atoms with Crippen molar-refractivity contribution in [1.29, 1.82) is 0 Å². The molecule has 2 saturated heterocycles. The fourth-order valence-corrected chi connectivity index (χ4v) is 5.89. The maximum atomic E-state index is 10.5. The fraction of sp³-hybridized carbons (Fsp3) is 0.629. The number of likely N-dealkylation sites (N-methyl/N-ethyl adjacent to an activating group) is 2. The van der Waals surface area contributed by atoms with Crippen molar-refractivity contribution in [2.24, 2.45) is 0 Å². The summed E-state index contributed by atoms with van der Waals surface area (Å²) in [7, 11) is 4.39. The standard InChI is InChI=1S/C14H22N2O2.C13H22N2O.C8H11IO/c1-15-6-8-16(9-7-15)5-3-2-4-13-10-14(11-17)18-12-13;1-14-7-9-15(10-8-14)6-3-2-4-13-5-11-16-12-13;9-5-2-1-3-8-4-6-10-7-8/h10-12H,2-9H2,1H3;5,11-12H,2-4,6-10H2,1H3;4,6-7H,1-3,5H2. The molecule has 0 spiro atoms. The molecule has 0 aliphatic carbocycles. The quantitative estimate of drug-likeness (QED) is 0.0758. The number of furan rings is 3. The molecule has 0 unspecified atom stereocenters. The molecule has 8 nitrogen and oxygen atoms in total. The molecule has 0 radical (unpaired) electrons. The lowest BCUT2D eigenvalue weighted by Crippen LogP contribution is -2.44. The summed E-state index contributed by atoms with van der Waals surface area (Å²) in [5, 5.41) is 0. The molecule has 3 aromatic rings. The van der Waals surface area contributed by atoms with Gasteiger partial charge in [0.1, 0.15) is 0 Å². The Bertz CT molecular complexity index is 1070. The minimum Gasteiger partial charge on any atom is -0.472 e. The van der Waals surface area contributed by atoms with Crippen LogP contribution in [0.5, 0.6) is 0 Å². The first-order chi connectivity index (χ1) is 21.6. The molecule has 0 aromatic carbocycles. The van der Waals surface area contributed by atoms with Crippen LogP contribution in [0.2, 0.25) is 0 Å². The van der Waals surface area contributed by atoms with Gasteiger partial charge >= 0.3 is 0 Å². The zero-order valence-electron chi connectivity index (χ0n) is 27.1. The molecule has 44 heavy (non-hydrogen) atoms. The lowest BCUT2D eigenvalue weighted by molar-refractivity contribution is 0.110. The average Bonchev–Trinajstić information content (AvgIpc) is 3.84. The van der Waals surface area contributed by atoms with E-state index in [1.54, 1.807) is 18.8 Å². The monoisotopic (exact) mass is 722 g/mol. The van der Waals surface area contributed by atoms with Crippen LogP contribution in [-0.4, -0.2) is 110 Å². The van der Waals surface area contributed by atoms with E-state index >= 15 is 0 Å². The van der Waals surface area contributed by atoms with Crippen LogP contribution in [0.15, 0.2) is 62.8 Å². The summed E-state index contributed by atoms with van der Waals surface area (Å²) in [5.74, 6) is 0.434. The number of carbonyl (C=O) groups is 1. The molecule has 0 atom stereocenters. The molecule has 246 valence electrons. The van der Waals surface area contributed by atoms with Gasteiger partial charge in [-0.05, 0) is 124 Å². The molecule has 0 amide bonds. The predicted octanol–water partition coefficient (Wildman–Crippen LogP) is 6.55. The van der Waals surface area contributed by atoms with E-state index < -0.39 is 0 Å². The number of piperazine rings is 2. The summed E-state index contributed by atoms with van der Waals surface area (Å²) < 4.78 is 16.3. The van der Waals surface area contributed by atoms with Crippen LogP contribution in [0.25, 0.3) is 0 Å². The van der Waals surface area contributed by atoms with Gasteiger partial charge in [0.2, 0.25) is 0 Å².